The van der Waals surface area contributed by atoms with E-state index in [4.69, 9.17) is 4.74 Å². The molecular formula is C30H33N5O3. The van der Waals surface area contributed by atoms with Gasteiger partial charge < -0.3 is 15.0 Å². The largest absolute Gasteiger partial charge is 0.496 e. The molecule has 2 amide bonds. The topological polar surface area (TPSA) is 89.3 Å². The first-order valence-electron chi connectivity index (χ1n) is 13.1. The van der Waals surface area contributed by atoms with Crippen LogP contribution >= 0.6 is 0 Å². The summed E-state index contributed by atoms with van der Waals surface area (Å²) in [5.74, 6) is 0.260. The summed E-state index contributed by atoms with van der Waals surface area (Å²) in [6.07, 6.45) is 4.11. The highest BCUT2D eigenvalue weighted by atomic mass is 16.5. The fourth-order valence-corrected chi connectivity index (χ4v) is 5.29. The number of hydrogen-bond acceptors (Lipinski definition) is 5. The Labute approximate surface area is 222 Å². The molecule has 1 aliphatic carbocycles. The maximum atomic E-state index is 14.1. The van der Waals surface area contributed by atoms with Crippen LogP contribution in [0.2, 0.25) is 0 Å². The van der Waals surface area contributed by atoms with Crippen LogP contribution in [-0.2, 0) is 22.7 Å². The van der Waals surface area contributed by atoms with Crippen molar-refractivity contribution >= 4 is 22.8 Å². The summed E-state index contributed by atoms with van der Waals surface area (Å²) >= 11 is 0. The number of carbonyl (C=O) groups is 2. The van der Waals surface area contributed by atoms with E-state index in [0.29, 0.717) is 11.3 Å². The number of rotatable bonds is 9. The van der Waals surface area contributed by atoms with E-state index in [1.54, 1.807) is 16.7 Å². The van der Waals surface area contributed by atoms with Crippen molar-refractivity contribution in [3.05, 3.63) is 89.5 Å². The van der Waals surface area contributed by atoms with E-state index in [1.165, 1.54) is 0 Å². The molecule has 0 aliphatic heterocycles. The normalized spacial score (nSPS) is 14.4. The van der Waals surface area contributed by atoms with Crippen LogP contribution in [0.5, 0.6) is 5.75 Å². The van der Waals surface area contributed by atoms with Crippen LogP contribution in [0.25, 0.3) is 11.0 Å². The lowest BCUT2D eigenvalue weighted by Gasteiger charge is -2.33. The minimum atomic E-state index is -0.816. The minimum absolute atomic E-state index is 0.0469. The standard InChI is InChI=1S/C30H33N5O3/c1-21-11-3-7-15-24(21)29(30(37)31-23-13-5-6-14-23)34(19-22-12-4-10-18-27(22)38-2)28(36)20-35-26-17-9-8-16-25(26)32-33-35/h3-4,7-12,15-18,23,29H,5-6,13-14,19-20H2,1-2H3,(H,31,37)/t29-/m1/s1. The van der Waals surface area contributed by atoms with Crippen molar-refractivity contribution in [1.82, 2.24) is 25.2 Å². The second-order valence-electron chi connectivity index (χ2n) is 9.82. The molecule has 0 bridgehead atoms. The van der Waals surface area contributed by atoms with Gasteiger partial charge in [-0.05, 0) is 49.1 Å². The Balaban J connectivity index is 1.56. The van der Waals surface area contributed by atoms with Gasteiger partial charge in [-0.3, -0.25) is 9.59 Å². The first-order valence-corrected chi connectivity index (χ1v) is 13.1. The summed E-state index contributed by atoms with van der Waals surface area (Å²) in [6, 6.07) is 22.2. The van der Waals surface area contributed by atoms with Gasteiger partial charge in [0.15, 0.2) is 0 Å². The Morgan fingerprint density at radius 3 is 2.53 bits per heavy atom. The Hall–Kier alpha value is -4.20. The number of ether oxygens (including phenoxy) is 1. The van der Waals surface area contributed by atoms with Crippen LogP contribution in [0.3, 0.4) is 0 Å². The van der Waals surface area contributed by atoms with Crippen molar-refractivity contribution in [2.75, 3.05) is 7.11 Å². The molecule has 0 spiro atoms. The summed E-state index contributed by atoms with van der Waals surface area (Å²) in [5.41, 5.74) is 4.05. The summed E-state index contributed by atoms with van der Waals surface area (Å²) < 4.78 is 7.19. The van der Waals surface area contributed by atoms with Gasteiger partial charge >= 0.3 is 0 Å². The zero-order valence-corrected chi connectivity index (χ0v) is 21.8. The van der Waals surface area contributed by atoms with Crippen LogP contribution < -0.4 is 10.1 Å². The average Bonchev–Trinajstić information content (AvgIpc) is 3.59. The molecule has 38 heavy (non-hydrogen) atoms. The number of methoxy groups -OCH3 is 1. The second-order valence-corrected chi connectivity index (χ2v) is 9.82. The third kappa shape index (κ3) is 5.39. The van der Waals surface area contributed by atoms with Gasteiger partial charge in [0.25, 0.3) is 0 Å². The number of aromatic nitrogens is 3. The molecule has 1 saturated carbocycles. The lowest BCUT2D eigenvalue weighted by atomic mass is 9.97. The Kier molecular flexibility index (Phi) is 7.67. The summed E-state index contributed by atoms with van der Waals surface area (Å²) in [7, 11) is 1.61. The third-order valence-corrected chi connectivity index (χ3v) is 7.30. The second kappa shape index (κ2) is 11.5. The molecule has 3 aromatic carbocycles. The average molecular weight is 512 g/mol. The fourth-order valence-electron chi connectivity index (χ4n) is 5.29. The molecule has 0 saturated heterocycles. The van der Waals surface area contributed by atoms with Crippen molar-refractivity contribution in [3.63, 3.8) is 0 Å². The van der Waals surface area contributed by atoms with Crippen molar-refractivity contribution in [1.29, 1.82) is 0 Å². The Bertz CT molecular complexity index is 1430. The fraction of sp³-hybridized carbons (Fsp3) is 0.333. The number of para-hydroxylation sites is 2. The molecule has 4 aromatic rings. The van der Waals surface area contributed by atoms with Gasteiger partial charge in [0.05, 0.1) is 19.2 Å². The molecule has 1 heterocycles. The van der Waals surface area contributed by atoms with E-state index >= 15 is 0 Å². The van der Waals surface area contributed by atoms with Crippen molar-refractivity contribution in [3.8, 4) is 5.75 Å². The molecular weight excluding hydrogens is 478 g/mol. The Morgan fingerprint density at radius 1 is 1.03 bits per heavy atom. The van der Waals surface area contributed by atoms with Gasteiger partial charge in [-0.2, -0.15) is 0 Å². The highest BCUT2D eigenvalue weighted by Crippen LogP contribution is 2.30. The number of aryl methyl sites for hydroxylation is 1. The van der Waals surface area contributed by atoms with E-state index in [0.717, 1.165) is 47.9 Å². The molecule has 196 valence electrons. The van der Waals surface area contributed by atoms with Crippen LogP contribution in [0, 0.1) is 6.92 Å². The minimum Gasteiger partial charge on any atom is -0.496 e. The molecule has 0 unspecified atom stereocenters. The predicted molar refractivity (Wildman–Crippen MR) is 145 cm³/mol. The van der Waals surface area contributed by atoms with Crippen molar-refractivity contribution < 1.29 is 14.3 Å². The summed E-state index contributed by atoms with van der Waals surface area (Å²) in [6.45, 7) is 2.13. The van der Waals surface area contributed by atoms with E-state index < -0.39 is 6.04 Å². The number of carbonyl (C=O) groups excluding carboxylic acids is 2. The molecule has 1 N–H and O–H groups in total. The zero-order valence-electron chi connectivity index (χ0n) is 21.8. The van der Waals surface area contributed by atoms with Crippen LogP contribution in [0.4, 0.5) is 0 Å². The van der Waals surface area contributed by atoms with E-state index in [-0.39, 0.29) is 30.9 Å². The highest BCUT2D eigenvalue weighted by Gasteiger charge is 2.34. The van der Waals surface area contributed by atoms with Crippen LogP contribution in [0.15, 0.2) is 72.8 Å². The van der Waals surface area contributed by atoms with E-state index in [1.807, 2.05) is 79.7 Å². The number of nitrogens with one attached hydrogen (secondary N) is 1. The summed E-state index contributed by atoms with van der Waals surface area (Å²) in [5, 5.41) is 11.7. The smallest absolute Gasteiger partial charge is 0.247 e. The maximum Gasteiger partial charge on any atom is 0.247 e. The lowest BCUT2D eigenvalue weighted by Crippen LogP contribution is -2.47. The lowest BCUT2D eigenvalue weighted by molar-refractivity contribution is -0.142. The van der Waals surface area contributed by atoms with Crippen LogP contribution in [-0.4, -0.2) is 44.9 Å². The number of amides is 2. The summed E-state index contributed by atoms with van der Waals surface area (Å²) in [4.78, 5) is 29.8. The van der Waals surface area contributed by atoms with Gasteiger partial charge in [0.2, 0.25) is 11.8 Å². The monoisotopic (exact) mass is 511 g/mol. The van der Waals surface area contributed by atoms with E-state index in [9.17, 15) is 9.59 Å². The van der Waals surface area contributed by atoms with Crippen molar-refractivity contribution in [2.45, 2.75) is 57.8 Å². The maximum absolute atomic E-state index is 14.1. The van der Waals surface area contributed by atoms with E-state index in [2.05, 4.69) is 15.6 Å². The zero-order chi connectivity index (χ0) is 26.5. The van der Waals surface area contributed by atoms with Gasteiger partial charge in [0, 0.05) is 11.6 Å². The third-order valence-electron chi connectivity index (χ3n) is 7.30. The van der Waals surface area contributed by atoms with Gasteiger partial charge in [-0.25, -0.2) is 4.68 Å². The first-order chi connectivity index (χ1) is 18.5. The first kappa shape index (κ1) is 25.4. The van der Waals surface area contributed by atoms with Gasteiger partial charge in [0.1, 0.15) is 23.9 Å². The van der Waals surface area contributed by atoms with Gasteiger partial charge in [-0.1, -0.05) is 72.7 Å². The molecule has 0 radical (unpaired) electrons. The molecule has 1 aromatic heterocycles. The SMILES string of the molecule is COc1ccccc1CN(C(=O)Cn1nnc2ccccc21)[C@@H](C(=O)NC1CCCC1)c1ccccc1C. The molecule has 8 nitrogen and oxygen atoms in total. The number of benzene rings is 3. The predicted octanol–water partition coefficient (Wildman–Crippen LogP) is 4.58. The highest BCUT2D eigenvalue weighted by molar-refractivity contribution is 5.89. The molecule has 1 fully saturated rings. The van der Waals surface area contributed by atoms with Crippen molar-refractivity contribution in [2.24, 2.45) is 0 Å². The number of fused-ring (bicyclic) bond motifs is 1. The molecule has 1 atom stereocenters. The molecule has 1 aliphatic rings. The van der Waals surface area contributed by atoms with Crippen LogP contribution in [0.1, 0.15) is 48.4 Å². The number of hydrogen-bond donors (Lipinski definition) is 1. The Morgan fingerprint density at radius 2 is 1.74 bits per heavy atom. The quantitative estimate of drug-likeness (QED) is 0.355. The molecule has 5 rings (SSSR count). The van der Waals surface area contributed by atoms with Gasteiger partial charge in [-0.15, -0.1) is 5.10 Å². The number of nitrogens with zero attached hydrogens (tertiary/aromatic N) is 4. The molecule has 8 heteroatoms.